The van der Waals surface area contributed by atoms with Gasteiger partial charge in [-0.3, -0.25) is 5.43 Å². The van der Waals surface area contributed by atoms with Gasteiger partial charge in [-0.1, -0.05) is 6.08 Å². The smallest absolute Gasteiger partial charge is 0.187 e. The third-order valence-corrected chi connectivity index (χ3v) is 2.29. The predicted molar refractivity (Wildman–Crippen MR) is 72.5 cm³/mol. The Morgan fingerprint density at radius 2 is 2.22 bits per heavy atom. The highest BCUT2D eigenvalue weighted by Gasteiger charge is 2.06. The van der Waals surface area contributed by atoms with Crippen molar-refractivity contribution in [2.24, 2.45) is 5.10 Å². The van der Waals surface area contributed by atoms with Crippen molar-refractivity contribution in [1.82, 2.24) is 10.7 Å². The summed E-state index contributed by atoms with van der Waals surface area (Å²) in [4.78, 5) is 0. The Morgan fingerprint density at radius 3 is 2.83 bits per heavy atom. The molecule has 0 aromatic heterocycles. The fourth-order valence-electron chi connectivity index (χ4n) is 1.18. The van der Waals surface area contributed by atoms with Crippen molar-refractivity contribution in [2.75, 3.05) is 6.54 Å². The van der Waals surface area contributed by atoms with Gasteiger partial charge in [0.05, 0.1) is 5.71 Å². The number of hydrogen-bond donors (Lipinski definition) is 2. The largest absolute Gasteiger partial charge is 0.358 e. The van der Waals surface area contributed by atoms with Crippen LogP contribution in [0, 0.1) is 11.6 Å². The Balaban J connectivity index is 2.71. The summed E-state index contributed by atoms with van der Waals surface area (Å²) in [6.07, 6.45) is 1.64. The van der Waals surface area contributed by atoms with Crippen LogP contribution in [0.3, 0.4) is 0 Å². The van der Waals surface area contributed by atoms with E-state index in [2.05, 4.69) is 22.4 Å². The van der Waals surface area contributed by atoms with Crippen LogP contribution in [-0.2, 0) is 0 Å². The van der Waals surface area contributed by atoms with E-state index in [1.165, 1.54) is 12.1 Å². The molecule has 1 aromatic carbocycles. The van der Waals surface area contributed by atoms with Crippen molar-refractivity contribution in [3.63, 3.8) is 0 Å². The number of benzene rings is 1. The zero-order chi connectivity index (χ0) is 13.5. The number of hydrogen-bond acceptors (Lipinski definition) is 2. The molecule has 0 saturated heterocycles. The van der Waals surface area contributed by atoms with Crippen LogP contribution in [0.25, 0.3) is 0 Å². The molecule has 2 N–H and O–H groups in total. The highest BCUT2D eigenvalue weighted by molar-refractivity contribution is 7.80. The van der Waals surface area contributed by atoms with Crippen molar-refractivity contribution < 1.29 is 8.78 Å². The first-order valence-corrected chi connectivity index (χ1v) is 5.60. The summed E-state index contributed by atoms with van der Waals surface area (Å²) in [5, 5.41) is 7.01. The summed E-state index contributed by atoms with van der Waals surface area (Å²) in [5.74, 6) is -1.29. The molecule has 0 aliphatic carbocycles. The van der Waals surface area contributed by atoms with E-state index >= 15 is 0 Å². The second kappa shape index (κ2) is 6.80. The first-order chi connectivity index (χ1) is 8.54. The first kappa shape index (κ1) is 14.2. The number of thiocarbonyl (C=S) groups is 1. The second-order valence-electron chi connectivity index (χ2n) is 3.43. The third kappa shape index (κ3) is 4.21. The minimum atomic E-state index is -0.664. The minimum Gasteiger partial charge on any atom is -0.358 e. The summed E-state index contributed by atoms with van der Waals surface area (Å²) in [5.41, 5.74) is 3.15. The summed E-state index contributed by atoms with van der Waals surface area (Å²) in [6, 6.07) is 3.31. The monoisotopic (exact) mass is 269 g/mol. The molecule has 0 unspecified atom stereocenters. The molecule has 0 aliphatic heterocycles. The van der Waals surface area contributed by atoms with Crippen LogP contribution in [0.5, 0.6) is 0 Å². The van der Waals surface area contributed by atoms with Gasteiger partial charge >= 0.3 is 0 Å². The van der Waals surface area contributed by atoms with E-state index in [1.807, 2.05) is 0 Å². The number of halogens is 2. The Hall–Kier alpha value is -1.82. The molecule has 18 heavy (non-hydrogen) atoms. The van der Waals surface area contributed by atoms with Crippen LogP contribution in [-0.4, -0.2) is 17.4 Å². The number of rotatable bonds is 4. The fraction of sp³-hybridized carbons (Fsp3) is 0.167. The lowest BCUT2D eigenvalue weighted by Crippen LogP contribution is -2.32. The maximum atomic E-state index is 13.4. The number of hydrazone groups is 1. The van der Waals surface area contributed by atoms with Crippen molar-refractivity contribution in [3.05, 3.63) is 48.1 Å². The van der Waals surface area contributed by atoms with Gasteiger partial charge < -0.3 is 5.32 Å². The Morgan fingerprint density at radius 1 is 1.50 bits per heavy atom. The summed E-state index contributed by atoms with van der Waals surface area (Å²) >= 11 is 4.91. The van der Waals surface area contributed by atoms with E-state index < -0.39 is 11.6 Å². The van der Waals surface area contributed by atoms with Gasteiger partial charge in [0.15, 0.2) is 5.11 Å². The van der Waals surface area contributed by atoms with Crippen molar-refractivity contribution >= 4 is 23.0 Å². The molecule has 0 fully saturated rings. The summed E-state index contributed by atoms with van der Waals surface area (Å²) < 4.78 is 26.1. The van der Waals surface area contributed by atoms with E-state index in [1.54, 1.807) is 13.0 Å². The lowest BCUT2D eigenvalue weighted by atomic mass is 10.1. The Bertz CT molecular complexity index is 486. The molecule has 3 nitrogen and oxygen atoms in total. The molecule has 0 saturated carbocycles. The number of nitrogens with one attached hydrogen (secondary N) is 2. The van der Waals surface area contributed by atoms with E-state index in [-0.39, 0.29) is 5.56 Å². The maximum absolute atomic E-state index is 13.4. The van der Waals surface area contributed by atoms with Crippen molar-refractivity contribution in [2.45, 2.75) is 6.92 Å². The average molecular weight is 269 g/mol. The van der Waals surface area contributed by atoms with Gasteiger partial charge in [0.2, 0.25) is 0 Å². The van der Waals surface area contributed by atoms with Crippen LogP contribution >= 0.6 is 12.2 Å². The zero-order valence-electron chi connectivity index (χ0n) is 9.84. The van der Waals surface area contributed by atoms with Crippen LogP contribution in [0.15, 0.2) is 36.0 Å². The van der Waals surface area contributed by atoms with E-state index in [0.717, 1.165) is 6.07 Å². The van der Waals surface area contributed by atoms with E-state index in [4.69, 9.17) is 12.2 Å². The quantitative estimate of drug-likeness (QED) is 0.381. The molecule has 0 spiro atoms. The zero-order valence-corrected chi connectivity index (χ0v) is 10.7. The maximum Gasteiger partial charge on any atom is 0.187 e. The minimum absolute atomic E-state index is 0.218. The van der Waals surface area contributed by atoms with Gasteiger partial charge in [-0.05, 0) is 31.3 Å². The molecule has 0 amide bonds. The third-order valence-electron chi connectivity index (χ3n) is 2.05. The van der Waals surface area contributed by atoms with Gasteiger partial charge in [-0.25, -0.2) is 8.78 Å². The van der Waals surface area contributed by atoms with Gasteiger partial charge in [-0.15, -0.1) is 6.58 Å². The highest BCUT2D eigenvalue weighted by atomic mass is 32.1. The Kier molecular flexibility index (Phi) is 5.38. The molecule has 0 radical (unpaired) electrons. The van der Waals surface area contributed by atoms with Gasteiger partial charge in [0.25, 0.3) is 0 Å². The first-order valence-electron chi connectivity index (χ1n) is 5.19. The second-order valence-corrected chi connectivity index (χ2v) is 3.84. The Labute approximate surface area is 110 Å². The summed E-state index contributed by atoms with van der Waals surface area (Å²) in [6.45, 7) is 5.63. The molecular formula is C12H13F2N3S. The number of nitrogens with zero attached hydrogens (tertiary/aromatic N) is 1. The highest BCUT2D eigenvalue weighted by Crippen LogP contribution is 2.10. The van der Waals surface area contributed by atoms with Crippen LogP contribution in [0.4, 0.5) is 8.78 Å². The molecule has 96 valence electrons. The van der Waals surface area contributed by atoms with Crippen molar-refractivity contribution in [1.29, 1.82) is 0 Å². The topological polar surface area (TPSA) is 36.4 Å². The van der Waals surface area contributed by atoms with E-state index in [9.17, 15) is 8.78 Å². The molecule has 0 heterocycles. The van der Waals surface area contributed by atoms with Crippen molar-refractivity contribution in [3.8, 4) is 0 Å². The van der Waals surface area contributed by atoms with Gasteiger partial charge in [0, 0.05) is 18.2 Å². The van der Waals surface area contributed by atoms with E-state index in [0.29, 0.717) is 17.4 Å². The molecule has 0 atom stereocenters. The molecular weight excluding hydrogens is 256 g/mol. The molecule has 1 aromatic rings. The van der Waals surface area contributed by atoms with Crippen LogP contribution in [0.2, 0.25) is 0 Å². The SMILES string of the molecule is C=CCNC(=S)N/N=C(/C)c1ccc(F)cc1F. The van der Waals surface area contributed by atoms with Gasteiger partial charge in [0.1, 0.15) is 11.6 Å². The normalized spacial score (nSPS) is 10.9. The molecule has 0 bridgehead atoms. The lowest BCUT2D eigenvalue weighted by molar-refractivity contribution is 0.581. The summed E-state index contributed by atoms with van der Waals surface area (Å²) in [7, 11) is 0. The van der Waals surface area contributed by atoms with Crippen LogP contribution in [0.1, 0.15) is 12.5 Å². The lowest BCUT2D eigenvalue weighted by Gasteiger charge is -2.06. The fourth-order valence-corrected chi connectivity index (χ4v) is 1.31. The predicted octanol–water partition coefficient (Wildman–Crippen LogP) is 2.34. The van der Waals surface area contributed by atoms with Gasteiger partial charge in [-0.2, -0.15) is 5.10 Å². The van der Waals surface area contributed by atoms with Crippen LogP contribution < -0.4 is 10.7 Å². The molecule has 0 aliphatic rings. The molecule has 1 rings (SSSR count). The molecule has 6 heteroatoms. The average Bonchev–Trinajstić information content (AvgIpc) is 2.33. The standard InChI is InChI=1S/C12H13F2N3S/c1-3-6-15-12(18)17-16-8(2)10-5-4-9(13)7-11(10)14/h3-5,7H,1,6H2,2H3,(H2,15,17,18)/b16-8-.